The lowest BCUT2D eigenvalue weighted by molar-refractivity contribution is -0.523. The Morgan fingerprint density at radius 2 is 1.93 bits per heavy atom. The quantitative estimate of drug-likeness (QED) is 0.862. The van der Waals surface area contributed by atoms with Gasteiger partial charge in [0, 0.05) is 31.7 Å². The molecule has 2 aromatic rings. The van der Waals surface area contributed by atoms with Crippen molar-refractivity contribution in [2.24, 2.45) is 5.92 Å². The number of nitrogens with zero attached hydrogens (tertiary/aromatic N) is 1. The van der Waals surface area contributed by atoms with E-state index in [9.17, 15) is 4.79 Å². The highest BCUT2D eigenvalue weighted by Gasteiger charge is 2.44. The zero-order valence-corrected chi connectivity index (χ0v) is 17.2. The van der Waals surface area contributed by atoms with Crippen LogP contribution in [0.15, 0.2) is 54.6 Å². The minimum Gasteiger partial charge on any atom is -0.307 e. The van der Waals surface area contributed by atoms with Crippen LogP contribution in [0.1, 0.15) is 47.8 Å². The van der Waals surface area contributed by atoms with Gasteiger partial charge in [-0.05, 0) is 41.0 Å². The van der Waals surface area contributed by atoms with Crippen molar-refractivity contribution in [2.75, 3.05) is 26.7 Å². The third-order valence-corrected chi connectivity index (χ3v) is 7.06. The summed E-state index contributed by atoms with van der Waals surface area (Å²) in [5.41, 5.74) is 3.58. The van der Waals surface area contributed by atoms with Gasteiger partial charge in [0.25, 0.3) is 0 Å². The van der Waals surface area contributed by atoms with Crippen molar-refractivity contribution in [3.63, 3.8) is 0 Å². The molecular formula is C24H32N3O+. The maximum absolute atomic E-state index is 12.2. The predicted molar refractivity (Wildman–Crippen MR) is 112 cm³/mol. The number of benzene rings is 2. The first-order valence-electron chi connectivity index (χ1n) is 10.5. The average molecular weight is 379 g/mol. The van der Waals surface area contributed by atoms with Crippen LogP contribution in [-0.4, -0.2) is 43.5 Å². The number of carbonyl (C=O) groups is 1. The van der Waals surface area contributed by atoms with E-state index in [4.69, 9.17) is 0 Å². The number of fused-ring (bicyclic) bond motifs is 1. The number of nitrogens with one attached hydrogen (secondary N) is 1. The number of primary amides is 1. The van der Waals surface area contributed by atoms with Gasteiger partial charge in [-0.25, -0.2) is 4.79 Å². The van der Waals surface area contributed by atoms with Gasteiger partial charge >= 0.3 is 5.91 Å². The molecule has 2 aliphatic rings. The lowest BCUT2D eigenvalue weighted by Gasteiger charge is -2.53. The molecule has 0 aliphatic carbocycles. The number of rotatable bonds is 3. The fourth-order valence-electron chi connectivity index (χ4n) is 5.03. The first-order valence-corrected chi connectivity index (χ1v) is 10.5. The standard InChI is InChI=1S/C24H31N3O/c1-17-15-27-16-22(18-8-5-4-6-9-18)26-14-21(27)13-24(17,2)20-11-7-10-19(12-20)23(28)25-3/h4-12,17,21-22,26H,13-16H2,1-3H3,(H,25,28)/p+1/t17?,21?,22?,24-/m1/s1. The summed E-state index contributed by atoms with van der Waals surface area (Å²) in [6, 6.07) is 20.0. The molecule has 2 aliphatic heterocycles. The molecule has 1 amide bonds. The van der Waals surface area contributed by atoms with Crippen LogP contribution in [0.2, 0.25) is 0 Å². The number of hydrogen-bond donors (Lipinski definition) is 2. The lowest BCUT2D eigenvalue weighted by atomic mass is 9.65. The summed E-state index contributed by atoms with van der Waals surface area (Å²) in [6.45, 7) is 7.94. The van der Waals surface area contributed by atoms with Gasteiger partial charge in [0.1, 0.15) is 0 Å². The third kappa shape index (κ3) is 3.52. The molecule has 4 rings (SSSR count). The van der Waals surface area contributed by atoms with Crippen LogP contribution in [0.4, 0.5) is 0 Å². The second-order valence-electron chi connectivity index (χ2n) is 8.74. The van der Waals surface area contributed by atoms with Gasteiger partial charge in [-0.2, -0.15) is 0 Å². The Balaban J connectivity index is 1.53. The van der Waals surface area contributed by atoms with Gasteiger partial charge in [0.05, 0.1) is 12.6 Å². The van der Waals surface area contributed by atoms with E-state index in [-0.39, 0.29) is 11.3 Å². The Labute approximate surface area is 168 Å². The molecule has 4 atom stereocenters. The smallest absolute Gasteiger partial charge is 0.307 e. The van der Waals surface area contributed by atoms with Crippen molar-refractivity contribution in [1.29, 1.82) is 0 Å². The van der Waals surface area contributed by atoms with Crippen molar-refractivity contribution in [3.05, 3.63) is 71.3 Å². The second kappa shape index (κ2) is 7.78. The van der Waals surface area contributed by atoms with Crippen molar-refractivity contribution in [3.8, 4) is 0 Å². The molecule has 0 radical (unpaired) electrons. The van der Waals surface area contributed by atoms with Gasteiger partial charge in [-0.15, -0.1) is 0 Å². The molecule has 4 heteroatoms. The Kier molecular flexibility index (Phi) is 5.37. The second-order valence-corrected chi connectivity index (χ2v) is 8.74. The number of piperazine rings is 1. The van der Waals surface area contributed by atoms with Crippen molar-refractivity contribution >= 4 is 5.91 Å². The first-order chi connectivity index (χ1) is 13.5. The van der Waals surface area contributed by atoms with Crippen molar-refractivity contribution in [1.82, 2.24) is 10.2 Å². The minimum absolute atomic E-state index is 0.0897. The zero-order chi connectivity index (χ0) is 19.7. The van der Waals surface area contributed by atoms with E-state index in [0.717, 1.165) is 31.6 Å². The monoisotopic (exact) mass is 378 g/mol. The maximum atomic E-state index is 12.2. The van der Waals surface area contributed by atoms with Crippen molar-refractivity contribution in [2.45, 2.75) is 37.8 Å². The first kappa shape index (κ1) is 19.3. The number of carbonyl (C=O) groups excluding carboxylic acids is 1. The Hall–Kier alpha value is -2.01. The summed E-state index contributed by atoms with van der Waals surface area (Å²) in [6.07, 6.45) is 1.12. The van der Waals surface area contributed by atoms with E-state index in [1.807, 2.05) is 19.2 Å². The molecule has 2 aromatic carbocycles. The minimum atomic E-state index is 0.0897. The van der Waals surface area contributed by atoms with Crippen LogP contribution in [0.25, 0.3) is 0 Å². The summed E-state index contributed by atoms with van der Waals surface area (Å²) in [5.74, 6) is 0.648. The molecule has 148 valence electrons. The molecule has 3 unspecified atom stereocenters. The molecule has 0 bridgehead atoms. The molecule has 3 N–H and O–H groups in total. The van der Waals surface area contributed by atoms with Crippen LogP contribution < -0.4 is 10.6 Å². The number of quaternary nitrogens is 1. The third-order valence-electron chi connectivity index (χ3n) is 7.06. The Bertz CT molecular complexity index is 837. The summed E-state index contributed by atoms with van der Waals surface area (Å²) in [4.78, 5) is 14.8. The fourth-order valence-corrected chi connectivity index (χ4v) is 5.03. The fraction of sp³-hybridized carbons (Fsp3) is 0.458. The van der Waals surface area contributed by atoms with Crippen LogP contribution in [0, 0.1) is 5.92 Å². The Morgan fingerprint density at radius 1 is 1.14 bits per heavy atom. The van der Waals surface area contributed by atoms with Gasteiger partial charge in [0.15, 0.2) is 0 Å². The predicted octanol–water partition coefficient (Wildman–Crippen LogP) is 2.33. The summed E-state index contributed by atoms with van der Waals surface area (Å²) in [7, 11) is 1.81. The molecule has 4 nitrogen and oxygen atoms in total. The van der Waals surface area contributed by atoms with E-state index >= 15 is 0 Å². The summed E-state index contributed by atoms with van der Waals surface area (Å²) < 4.78 is 0. The number of hydrogen-bond acceptors (Lipinski definition) is 3. The molecule has 2 fully saturated rings. The molecule has 0 spiro atoms. The molecular weight excluding hydrogens is 346 g/mol. The highest BCUT2D eigenvalue weighted by atomic mass is 16.1. The number of piperidine rings is 1. The SMILES string of the molecule is C[NH2+]C(=O)c1cccc([C@]2(C)CC3CNC(c4ccccc4)CN3CC2C)c1. The normalized spacial score (nSPS) is 30.6. The lowest BCUT2D eigenvalue weighted by Crippen LogP contribution is -2.83. The highest BCUT2D eigenvalue weighted by molar-refractivity contribution is 5.86. The Morgan fingerprint density at radius 3 is 2.68 bits per heavy atom. The van der Waals surface area contributed by atoms with Crippen LogP contribution in [0.3, 0.4) is 0 Å². The molecule has 0 saturated carbocycles. The average Bonchev–Trinajstić information content (AvgIpc) is 2.74. The van der Waals surface area contributed by atoms with Gasteiger partial charge in [0.2, 0.25) is 0 Å². The molecule has 2 heterocycles. The maximum Gasteiger partial charge on any atom is 0.342 e. The van der Waals surface area contributed by atoms with Crippen molar-refractivity contribution < 1.29 is 10.1 Å². The van der Waals surface area contributed by atoms with Crippen LogP contribution in [0.5, 0.6) is 0 Å². The highest BCUT2D eigenvalue weighted by Crippen LogP contribution is 2.43. The largest absolute Gasteiger partial charge is 0.342 e. The molecule has 2 saturated heterocycles. The zero-order valence-electron chi connectivity index (χ0n) is 17.2. The summed E-state index contributed by atoms with van der Waals surface area (Å²) >= 11 is 0. The topological polar surface area (TPSA) is 49.0 Å². The van der Waals surface area contributed by atoms with Gasteiger partial charge in [-0.3, -0.25) is 10.2 Å². The van der Waals surface area contributed by atoms with Crippen LogP contribution >= 0.6 is 0 Å². The van der Waals surface area contributed by atoms with E-state index in [1.165, 1.54) is 11.1 Å². The number of amides is 1. The van der Waals surface area contributed by atoms with E-state index in [2.05, 4.69) is 66.5 Å². The molecule has 28 heavy (non-hydrogen) atoms. The van der Waals surface area contributed by atoms with E-state index in [1.54, 1.807) is 5.32 Å². The van der Waals surface area contributed by atoms with E-state index in [0.29, 0.717) is 18.0 Å². The van der Waals surface area contributed by atoms with Gasteiger partial charge < -0.3 is 5.32 Å². The van der Waals surface area contributed by atoms with Gasteiger partial charge in [-0.1, -0.05) is 56.3 Å². The van der Waals surface area contributed by atoms with Crippen LogP contribution in [-0.2, 0) is 5.41 Å². The number of nitrogens with two attached hydrogens (primary N) is 1. The molecule has 0 aromatic heterocycles. The summed E-state index contributed by atoms with van der Waals surface area (Å²) in [5, 5.41) is 5.43. The van der Waals surface area contributed by atoms with E-state index < -0.39 is 0 Å².